The molecule has 5 heteroatoms. The largest absolute Gasteiger partial charge is 0.480 e. The zero-order valence-corrected chi connectivity index (χ0v) is 13.3. The maximum atomic E-state index is 11.4. The van der Waals surface area contributed by atoms with Crippen LogP contribution < -0.4 is 0 Å². The summed E-state index contributed by atoms with van der Waals surface area (Å²) in [6.45, 7) is -1.50. The van der Waals surface area contributed by atoms with E-state index in [9.17, 15) is 15.2 Å². The van der Waals surface area contributed by atoms with Gasteiger partial charge in [-0.25, -0.2) is 0 Å². The predicted octanol–water partition coefficient (Wildman–Crippen LogP) is 4.34. The van der Waals surface area contributed by atoms with Gasteiger partial charge >= 0.3 is 5.97 Å². The molecule has 3 aromatic rings. The first-order chi connectivity index (χ1) is 12.5. The third-order valence-corrected chi connectivity index (χ3v) is 4.68. The number of carboxylic acids is 1. The highest BCUT2D eigenvalue weighted by Gasteiger charge is 2.17. The van der Waals surface area contributed by atoms with Gasteiger partial charge in [-0.1, -0.05) is 30.3 Å². The van der Waals surface area contributed by atoms with Crippen LogP contribution in [0.5, 0.6) is 0 Å². The summed E-state index contributed by atoms with van der Waals surface area (Å²) in [5.74, 6) is -1.20. The van der Waals surface area contributed by atoms with Crippen LogP contribution in [0.1, 0.15) is 15.2 Å². The van der Waals surface area contributed by atoms with Crippen LogP contribution in [0.4, 0.5) is 0 Å². The summed E-state index contributed by atoms with van der Waals surface area (Å²) in [7, 11) is 0. The van der Waals surface area contributed by atoms with E-state index in [0.29, 0.717) is 16.0 Å². The van der Waals surface area contributed by atoms with Crippen LogP contribution in [0.2, 0.25) is 0 Å². The number of nitriles is 1. The first-order valence-corrected chi connectivity index (χ1v) is 8.01. The standard InChI is InChI=1S/C19H14N2O2S/c1-12(19(22)23)24-18-8-9-21-11-17(18)16-7-6-13(10-20)14-4-2-3-5-15(14)16/h2-9,11-12H,1H3,(H,22,23)/i1D2. The van der Waals surface area contributed by atoms with Gasteiger partial charge in [0.25, 0.3) is 0 Å². The average molecular weight is 336 g/mol. The van der Waals surface area contributed by atoms with Gasteiger partial charge < -0.3 is 5.11 Å². The fourth-order valence-electron chi connectivity index (χ4n) is 2.51. The van der Waals surface area contributed by atoms with Gasteiger partial charge in [0.05, 0.1) is 11.6 Å². The predicted molar refractivity (Wildman–Crippen MR) is 94.8 cm³/mol. The molecular formula is C19H14N2O2S. The molecule has 0 aliphatic heterocycles. The summed E-state index contributed by atoms with van der Waals surface area (Å²) in [5.41, 5.74) is 2.10. The molecule has 1 aromatic heterocycles. The van der Waals surface area contributed by atoms with Gasteiger partial charge in [0.1, 0.15) is 5.25 Å². The van der Waals surface area contributed by atoms with Crippen molar-refractivity contribution in [1.29, 1.82) is 5.26 Å². The molecule has 0 saturated carbocycles. The number of carboxylic acid groups (broad SMARTS) is 1. The molecule has 0 aliphatic rings. The van der Waals surface area contributed by atoms with E-state index < -0.39 is 18.1 Å². The number of thioether (sulfide) groups is 1. The lowest BCUT2D eigenvalue weighted by atomic mass is 9.96. The second kappa shape index (κ2) is 6.73. The first-order valence-electron chi connectivity index (χ1n) is 8.28. The minimum Gasteiger partial charge on any atom is -0.480 e. The van der Waals surface area contributed by atoms with Crippen LogP contribution in [0.3, 0.4) is 0 Å². The van der Waals surface area contributed by atoms with Crippen LogP contribution in [0.15, 0.2) is 59.8 Å². The molecule has 1 N–H and O–H groups in total. The lowest BCUT2D eigenvalue weighted by Crippen LogP contribution is -2.11. The Bertz CT molecular complexity index is 1020. The Hall–Kier alpha value is -2.84. The first kappa shape index (κ1) is 13.6. The average Bonchev–Trinajstić information content (AvgIpc) is 2.65. The second-order valence-corrected chi connectivity index (χ2v) is 6.25. The third kappa shape index (κ3) is 2.97. The number of benzene rings is 2. The molecule has 1 heterocycles. The maximum Gasteiger partial charge on any atom is 0.316 e. The SMILES string of the molecule is [2H]C([2H])C(Sc1ccncc1-c1ccc(C#N)c2ccccc12)C(=O)O. The number of hydrogen-bond acceptors (Lipinski definition) is 4. The maximum absolute atomic E-state index is 11.4. The number of aromatic nitrogens is 1. The van der Waals surface area contributed by atoms with Crippen molar-refractivity contribution in [3.63, 3.8) is 0 Å². The second-order valence-electron chi connectivity index (χ2n) is 5.07. The quantitative estimate of drug-likeness (QED) is 0.717. The molecule has 4 nitrogen and oxygen atoms in total. The minimum absolute atomic E-state index is 0.559. The Morgan fingerprint density at radius 1 is 1.25 bits per heavy atom. The van der Waals surface area contributed by atoms with E-state index in [4.69, 9.17) is 2.74 Å². The van der Waals surface area contributed by atoms with E-state index in [0.717, 1.165) is 28.1 Å². The van der Waals surface area contributed by atoms with Crippen molar-refractivity contribution in [2.75, 3.05) is 0 Å². The Labute approximate surface area is 146 Å². The zero-order valence-electron chi connectivity index (χ0n) is 14.5. The van der Waals surface area contributed by atoms with Gasteiger partial charge in [0, 0.05) is 31.0 Å². The molecule has 0 aliphatic carbocycles. The summed E-state index contributed by atoms with van der Waals surface area (Å²) in [6, 6.07) is 14.9. The van der Waals surface area contributed by atoms with Gasteiger partial charge in [0.2, 0.25) is 0 Å². The molecule has 1 unspecified atom stereocenters. The van der Waals surface area contributed by atoms with Crippen molar-refractivity contribution in [3.05, 3.63) is 60.4 Å². The molecule has 0 radical (unpaired) electrons. The Morgan fingerprint density at radius 3 is 2.75 bits per heavy atom. The zero-order chi connectivity index (χ0) is 18.7. The van der Waals surface area contributed by atoms with E-state index >= 15 is 0 Å². The summed E-state index contributed by atoms with van der Waals surface area (Å²) in [4.78, 5) is 16.2. The van der Waals surface area contributed by atoms with Crippen molar-refractivity contribution < 1.29 is 12.6 Å². The monoisotopic (exact) mass is 336 g/mol. The normalized spacial score (nSPS) is 13.2. The molecule has 0 spiro atoms. The van der Waals surface area contributed by atoms with Crippen molar-refractivity contribution in [2.24, 2.45) is 0 Å². The number of nitrogens with zero attached hydrogens (tertiary/aromatic N) is 2. The fraction of sp³-hybridized carbons (Fsp3) is 0.105. The molecule has 2 aromatic carbocycles. The molecule has 118 valence electrons. The van der Waals surface area contributed by atoms with E-state index in [2.05, 4.69) is 11.1 Å². The van der Waals surface area contributed by atoms with E-state index in [1.54, 1.807) is 24.5 Å². The van der Waals surface area contributed by atoms with Gasteiger partial charge in [-0.2, -0.15) is 5.26 Å². The van der Waals surface area contributed by atoms with E-state index in [-0.39, 0.29) is 0 Å². The summed E-state index contributed by atoms with van der Waals surface area (Å²) >= 11 is 0.965. The Balaban J connectivity index is 2.17. The lowest BCUT2D eigenvalue weighted by Gasteiger charge is -2.13. The minimum atomic E-state index is -1.50. The molecule has 0 fully saturated rings. The van der Waals surface area contributed by atoms with Gasteiger partial charge in [-0.15, -0.1) is 11.8 Å². The van der Waals surface area contributed by atoms with E-state index in [1.807, 2.05) is 30.3 Å². The highest BCUT2D eigenvalue weighted by molar-refractivity contribution is 8.00. The number of fused-ring (bicyclic) bond motifs is 1. The smallest absolute Gasteiger partial charge is 0.316 e. The van der Waals surface area contributed by atoms with Crippen LogP contribution in [-0.4, -0.2) is 21.3 Å². The third-order valence-electron chi connectivity index (χ3n) is 3.61. The number of carbonyl (C=O) groups is 1. The fourth-order valence-corrected chi connectivity index (χ4v) is 3.31. The molecule has 24 heavy (non-hydrogen) atoms. The van der Waals surface area contributed by atoms with Crippen molar-refractivity contribution in [3.8, 4) is 17.2 Å². The van der Waals surface area contributed by atoms with Crippen LogP contribution >= 0.6 is 11.8 Å². The lowest BCUT2D eigenvalue weighted by molar-refractivity contribution is -0.136. The van der Waals surface area contributed by atoms with Crippen molar-refractivity contribution in [2.45, 2.75) is 17.0 Å². The Morgan fingerprint density at radius 2 is 2.04 bits per heavy atom. The van der Waals surface area contributed by atoms with Crippen LogP contribution in [-0.2, 0) is 4.79 Å². The highest BCUT2D eigenvalue weighted by atomic mass is 32.2. The molecule has 0 bridgehead atoms. The number of hydrogen-bond donors (Lipinski definition) is 1. The molecule has 0 saturated heterocycles. The molecule has 0 amide bonds. The number of pyridine rings is 1. The topological polar surface area (TPSA) is 74.0 Å². The number of aliphatic carboxylic acids is 1. The van der Waals surface area contributed by atoms with E-state index in [1.165, 1.54) is 0 Å². The van der Waals surface area contributed by atoms with Gasteiger partial charge in [-0.05, 0) is 30.0 Å². The van der Waals surface area contributed by atoms with Crippen molar-refractivity contribution in [1.82, 2.24) is 4.98 Å². The summed E-state index contributed by atoms with van der Waals surface area (Å²) in [5, 5.41) is 19.1. The molecule has 3 rings (SSSR count). The van der Waals surface area contributed by atoms with Gasteiger partial charge in [0.15, 0.2) is 0 Å². The summed E-state index contributed by atoms with van der Waals surface area (Å²) < 4.78 is 15.0. The molecular weight excluding hydrogens is 320 g/mol. The Kier molecular flexibility index (Phi) is 3.81. The highest BCUT2D eigenvalue weighted by Crippen LogP contribution is 2.37. The molecule has 1 atom stereocenters. The number of rotatable bonds is 4. The summed E-state index contributed by atoms with van der Waals surface area (Å²) in [6.07, 6.45) is 3.19. The van der Waals surface area contributed by atoms with Crippen molar-refractivity contribution >= 4 is 28.5 Å². The van der Waals surface area contributed by atoms with Gasteiger partial charge in [-0.3, -0.25) is 9.78 Å². The van der Waals surface area contributed by atoms with Crippen LogP contribution in [0.25, 0.3) is 21.9 Å². The van der Waals surface area contributed by atoms with Crippen LogP contribution in [0, 0.1) is 11.3 Å².